The second-order valence-corrected chi connectivity index (χ2v) is 6.72. The summed E-state index contributed by atoms with van der Waals surface area (Å²) >= 11 is 0. The SMILES string of the molecule is CC(C)(c1ccccc1)c1ccc(O)c(CN2CCOCC2)c1.Cl. The molecule has 0 bridgehead atoms. The molecule has 3 rings (SSSR count). The van der Waals surface area contributed by atoms with Crippen LogP contribution in [0.25, 0.3) is 0 Å². The Bertz CT molecular complexity index is 652. The third-order valence-electron chi connectivity index (χ3n) is 4.79. The van der Waals surface area contributed by atoms with E-state index in [2.05, 4.69) is 49.1 Å². The molecule has 4 heteroatoms. The fourth-order valence-corrected chi connectivity index (χ4v) is 3.12. The van der Waals surface area contributed by atoms with Crippen LogP contribution in [0.15, 0.2) is 48.5 Å². The fourth-order valence-electron chi connectivity index (χ4n) is 3.12. The zero-order chi connectivity index (χ0) is 16.3. The molecular weight excluding hydrogens is 322 g/mol. The predicted octanol–water partition coefficient (Wildman–Crippen LogP) is 3.97. The second-order valence-electron chi connectivity index (χ2n) is 6.72. The van der Waals surface area contributed by atoms with E-state index in [0.717, 1.165) is 38.4 Å². The van der Waals surface area contributed by atoms with Crippen LogP contribution in [0, 0.1) is 0 Å². The third kappa shape index (κ3) is 4.10. The molecule has 1 aliphatic heterocycles. The molecule has 0 spiro atoms. The van der Waals surface area contributed by atoms with Crippen LogP contribution in [0.1, 0.15) is 30.5 Å². The number of hydrogen-bond acceptors (Lipinski definition) is 3. The lowest BCUT2D eigenvalue weighted by Crippen LogP contribution is -2.35. The molecule has 1 fully saturated rings. The van der Waals surface area contributed by atoms with Gasteiger partial charge in [0.15, 0.2) is 0 Å². The lowest BCUT2D eigenvalue weighted by atomic mass is 9.77. The van der Waals surface area contributed by atoms with Gasteiger partial charge >= 0.3 is 0 Å². The highest BCUT2D eigenvalue weighted by molar-refractivity contribution is 5.85. The molecule has 2 aromatic carbocycles. The number of morpholine rings is 1. The molecule has 3 nitrogen and oxygen atoms in total. The summed E-state index contributed by atoms with van der Waals surface area (Å²) in [5, 5.41) is 10.2. The Hall–Kier alpha value is -1.55. The van der Waals surface area contributed by atoms with Crippen LogP contribution in [-0.4, -0.2) is 36.3 Å². The largest absolute Gasteiger partial charge is 0.508 e. The number of benzene rings is 2. The van der Waals surface area contributed by atoms with E-state index in [1.54, 1.807) is 0 Å². The van der Waals surface area contributed by atoms with E-state index in [1.165, 1.54) is 11.1 Å². The van der Waals surface area contributed by atoms with Crippen LogP contribution < -0.4 is 0 Å². The minimum absolute atomic E-state index is 0. The quantitative estimate of drug-likeness (QED) is 0.908. The van der Waals surface area contributed by atoms with Gasteiger partial charge in [-0.1, -0.05) is 50.2 Å². The molecule has 0 amide bonds. The summed E-state index contributed by atoms with van der Waals surface area (Å²) in [6.45, 7) is 8.62. The number of aromatic hydroxyl groups is 1. The molecule has 0 atom stereocenters. The van der Waals surface area contributed by atoms with E-state index in [1.807, 2.05) is 18.2 Å². The van der Waals surface area contributed by atoms with Crippen molar-refractivity contribution in [3.8, 4) is 5.75 Å². The average Bonchev–Trinajstić information content (AvgIpc) is 2.58. The van der Waals surface area contributed by atoms with Crippen molar-refractivity contribution in [1.82, 2.24) is 4.90 Å². The number of halogens is 1. The van der Waals surface area contributed by atoms with Gasteiger partial charge in [0.05, 0.1) is 13.2 Å². The van der Waals surface area contributed by atoms with E-state index in [9.17, 15) is 5.11 Å². The Labute approximate surface area is 150 Å². The Morgan fingerprint density at radius 1 is 1.00 bits per heavy atom. The average molecular weight is 348 g/mol. The highest BCUT2D eigenvalue weighted by Crippen LogP contribution is 2.34. The van der Waals surface area contributed by atoms with Crippen molar-refractivity contribution in [3.63, 3.8) is 0 Å². The van der Waals surface area contributed by atoms with Gasteiger partial charge in [-0.25, -0.2) is 0 Å². The Kier molecular flexibility index (Phi) is 6.27. The summed E-state index contributed by atoms with van der Waals surface area (Å²) in [4.78, 5) is 2.33. The molecule has 1 heterocycles. The summed E-state index contributed by atoms with van der Waals surface area (Å²) in [5.41, 5.74) is 3.41. The molecule has 1 N–H and O–H groups in total. The van der Waals surface area contributed by atoms with Gasteiger partial charge in [-0.05, 0) is 23.3 Å². The summed E-state index contributed by atoms with van der Waals surface area (Å²) in [5.74, 6) is 0.379. The van der Waals surface area contributed by atoms with Gasteiger partial charge < -0.3 is 9.84 Å². The first kappa shape index (κ1) is 18.8. The summed E-state index contributed by atoms with van der Waals surface area (Å²) < 4.78 is 5.40. The zero-order valence-corrected chi connectivity index (χ0v) is 15.2. The van der Waals surface area contributed by atoms with Crippen LogP contribution in [0.2, 0.25) is 0 Å². The predicted molar refractivity (Wildman–Crippen MR) is 100 cm³/mol. The smallest absolute Gasteiger partial charge is 0.120 e. The minimum Gasteiger partial charge on any atom is -0.508 e. The van der Waals surface area contributed by atoms with Crippen molar-refractivity contribution >= 4 is 12.4 Å². The van der Waals surface area contributed by atoms with E-state index in [-0.39, 0.29) is 17.8 Å². The topological polar surface area (TPSA) is 32.7 Å². The maximum absolute atomic E-state index is 10.2. The van der Waals surface area contributed by atoms with E-state index in [0.29, 0.717) is 5.75 Å². The van der Waals surface area contributed by atoms with Gasteiger partial charge in [0, 0.05) is 30.6 Å². The van der Waals surface area contributed by atoms with Gasteiger partial charge in [-0.15, -0.1) is 12.4 Å². The second kappa shape index (κ2) is 8.02. The zero-order valence-electron chi connectivity index (χ0n) is 14.4. The van der Waals surface area contributed by atoms with Crippen molar-refractivity contribution < 1.29 is 9.84 Å². The molecule has 0 aliphatic carbocycles. The van der Waals surface area contributed by atoms with Gasteiger partial charge in [-0.3, -0.25) is 4.90 Å². The van der Waals surface area contributed by atoms with Crippen molar-refractivity contribution in [1.29, 1.82) is 0 Å². The molecule has 1 saturated heterocycles. The molecule has 0 aromatic heterocycles. The number of rotatable bonds is 4. The maximum atomic E-state index is 10.2. The van der Waals surface area contributed by atoms with Gasteiger partial charge in [0.25, 0.3) is 0 Å². The van der Waals surface area contributed by atoms with Gasteiger partial charge in [-0.2, -0.15) is 0 Å². The summed E-state index contributed by atoms with van der Waals surface area (Å²) in [6, 6.07) is 16.5. The Morgan fingerprint density at radius 2 is 1.67 bits per heavy atom. The Morgan fingerprint density at radius 3 is 2.33 bits per heavy atom. The van der Waals surface area contributed by atoms with Crippen molar-refractivity contribution in [3.05, 3.63) is 65.2 Å². The first-order valence-electron chi connectivity index (χ1n) is 8.25. The highest BCUT2D eigenvalue weighted by Gasteiger charge is 2.24. The minimum atomic E-state index is -0.0886. The molecule has 2 aromatic rings. The van der Waals surface area contributed by atoms with Crippen LogP contribution in [0.5, 0.6) is 5.75 Å². The standard InChI is InChI=1S/C20H25NO2.ClH/c1-20(2,17-6-4-3-5-7-17)18-8-9-19(22)16(14-18)15-21-10-12-23-13-11-21;/h3-9,14,22H,10-13,15H2,1-2H3;1H. The summed E-state index contributed by atoms with van der Waals surface area (Å²) in [6.07, 6.45) is 0. The van der Waals surface area contributed by atoms with Crippen molar-refractivity contribution in [2.45, 2.75) is 25.8 Å². The monoisotopic (exact) mass is 347 g/mol. The Balaban J connectivity index is 0.00000208. The van der Waals surface area contributed by atoms with Crippen LogP contribution in [-0.2, 0) is 16.7 Å². The molecule has 0 saturated carbocycles. The van der Waals surface area contributed by atoms with Crippen LogP contribution in [0.3, 0.4) is 0 Å². The maximum Gasteiger partial charge on any atom is 0.120 e. The molecule has 1 aliphatic rings. The van der Waals surface area contributed by atoms with E-state index < -0.39 is 0 Å². The van der Waals surface area contributed by atoms with E-state index >= 15 is 0 Å². The van der Waals surface area contributed by atoms with Gasteiger partial charge in [0.2, 0.25) is 0 Å². The number of phenols is 1. The molecular formula is C20H26ClNO2. The van der Waals surface area contributed by atoms with Crippen LogP contribution in [0.4, 0.5) is 0 Å². The lowest BCUT2D eigenvalue weighted by molar-refractivity contribution is 0.0338. The molecule has 0 unspecified atom stereocenters. The third-order valence-corrected chi connectivity index (χ3v) is 4.79. The van der Waals surface area contributed by atoms with Crippen LogP contribution >= 0.6 is 12.4 Å². The van der Waals surface area contributed by atoms with Gasteiger partial charge in [0.1, 0.15) is 5.75 Å². The number of ether oxygens (including phenoxy) is 1. The normalized spacial score (nSPS) is 15.8. The summed E-state index contributed by atoms with van der Waals surface area (Å²) in [7, 11) is 0. The molecule has 24 heavy (non-hydrogen) atoms. The number of hydrogen-bond donors (Lipinski definition) is 1. The van der Waals surface area contributed by atoms with E-state index in [4.69, 9.17) is 4.74 Å². The number of phenolic OH excluding ortho intramolecular Hbond substituents is 1. The fraction of sp³-hybridized carbons (Fsp3) is 0.400. The van der Waals surface area contributed by atoms with Crippen molar-refractivity contribution in [2.24, 2.45) is 0 Å². The lowest BCUT2D eigenvalue weighted by Gasteiger charge is -2.29. The molecule has 0 radical (unpaired) electrons. The number of nitrogens with zero attached hydrogens (tertiary/aromatic N) is 1. The van der Waals surface area contributed by atoms with Crippen molar-refractivity contribution in [2.75, 3.05) is 26.3 Å². The first-order chi connectivity index (χ1) is 11.1. The first-order valence-corrected chi connectivity index (χ1v) is 8.25. The molecule has 130 valence electrons. The highest BCUT2D eigenvalue weighted by atomic mass is 35.5.